The van der Waals surface area contributed by atoms with E-state index in [1.165, 1.54) is 0 Å². The highest BCUT2D eigenvalue weighted by atomic mass is 127. The standard InChI is InChI=1S/C12H10BrIO3/c15-13(16)17-14(11-7-3-1-4-8-11)12-9-5-2-6-10-12/h1-10H/q+1. The van der Waals surface area contributed by atoms with Crippen molar-refractivity contribution >= 4 is 0 Å². The molecule has 0 aromatic heterocycles. The summed E-state index contributed by atoms with van der Waals surface area (Å²) < 4.78 is 28.8. The highest BCUT2D eigenvalue weighted by molar-refractivity contribution is 5.03. The van der Waals surface area contributed by atoms with E-state index in [1.807, 2.05) is 60.7 Å². The van der Waals surface area contributed by atoms with Crippen LogP contribution in [-0.2, 0) is 2.16 Å². The van der Waals surface area contributed by atoms with Crippen LogP contribution in [0.1, 0.15) is 0 Å². The summed E-state index contributed by atoms with van der Waals surface area (Å²) >= 11 is -5.46. The minimum Gasteiger partial charge on any atom is -0.368 e. The van der Waals surface area contributed by atoms with Crippen LogP contribution >= 0.6 is 0 Å². The summed E-state index contributed by atoms with van der Waals surface area (Å²) in [4.78, 5) is 0. The Labute approximate surface area is 113 Å². The molecule has 2 aromatic carbocycles. The molecule has 17 heavy (non-hydrogen) atoms. The lowest BCUT2D eigenvalue weighted by Crippen LogP contribution is -3.85. The predicted molar refractivity (Wildman–Crippen MR) is 51.4 cm³/mol. The Hall–Kier alpha value is -0.470. The molecular formula is C12H10BrIO3+. The zero-order chi connectivity index (χ0) is 12.1. The number of benzene rings is 2. The summed E-state index contributed by atoms with van der Waals surface area (Å²) in [6.45, 7) is 0. The highest BCUT2D eigenvalue weighted by Gasteiger charge is 2.42. The Bertz CT molecular complexity index is 410. The molecule has 3 nitrogen and oxygen atoms in total. The number of hydrogen-bond acceptors (Lipinski definition) is 3. The average Bonchev–Trinajstić information content (AvgIpc) is 2.38. The number of rotatable bonds is 4. The van der Waals surface area contributed by atoms with Crippen molar-refractivity contribution in [2.75, 3.05) is 0 Å². The summed E-state index contributed by atoms with van der Waals surface area (Å²) in [6, 6.07) is 19.1. The Morgan fingerprint density at radius 1 is 0.765 bits per heavy atom. The van der Waals surface area contributed by atoms with E-state index in [2.05, 4.69) is 0 Å². The van der Waals surface area contributed by atoms with Gasteiger partial charge in [-0.2, -0.15) is 0 Å². The molecule has 5 heteroatoms. The summed E-state index contributed by atoms with van der Waals surface area (Å²) in [5, 5.41) is 0. The van der Waals surface area contributed by atoms with E-state index in [0.29, 0.717) is 0 Å². The normalized spacial score (nSPS) is 11.1. The molecule has 0 amide bonds. The third kappa shape index (κ3) is 3.75. The molecule has 1 radical (unpaired) electrons. The van der Waals surface area contributed by atoms with Gasteiger partial charge < -0.3 is 8.40 Å². The molecule has 0 fully saturated rings. The molecule has 0 aliphatic heterocycles. The maximum atomic E-state index is 10.8. The van der Waals surface area contributed by atoms with E-state index in [4.69, 9.17) is 2.16 Å². The van der Waals surface area contributed by atoms with Gasteiger partial charge in [0.25, 0.3) is 0 Å². The Balaban J connectivity index is 2.32. The molecule has 0 N–H and O–H groups in total. The number of hydrogen-bond donors (Lipinski definition) is 0. The molecule has 0 unspecified atom stereocenters. The van der Waals surface area contributed by atoms with Gasteiger partial charge in [-0.25, -0.2) is 0 Å². The maximum Gasteiger partial charge on any atom is 0.498 e. The minimum atomic E-state index is -3.18. The van der Waals surface area contributed by atoms with Crippen LogP contribution in [0.5, 0.6) is 0 Å². The van der Waals surface area contributed by atoms with Crippen molar-refractivity contribution < 1.29 is 45.6 Å². The molecule has 0 spiro atoms. The first-order chi connectivity index (χ1) is 8.27. The molecule has 0 atom stereocenters. The first-order valence-electron chi connectivity index (χ1n) is 4.82. The molecule has 0 saturated heterocycles. The SMILES string of the molecule is [O-][Br+2]([O-])O[I+](c1ccccc1)c1ccccc1. The molecule has 0 aliphatic carbocycles. The topological polar surface area (TPSA) is 55.3 Å². The van der Waals surface area contributed by atoms with Gasteiger partial charge in [-0.1, -0.05) is 36.4 Å². The van der Waals surface area contributed by atoms with Gasteiger partial charge in [0, 0.05) is 0 Å². The van der Waals surface area contributed by atoms with E-state index in [0.717, 1.165) is 7.14 Å². The van der Waals surface area contributed by atoms with Crippen LogP contribution < -0.4 is 28.6 Å². The summed E-state index contributed by atoms with van der Waals surface area (Å²) in [6.07, 6.45) is 0. The van der Waals surface area contributed by atoms with Gasteiger partial charge >= 0.3 is 35.0 Å². The Kier molecular flexibility index (Phi) is 4.93. The molecule has 89 valence electrons. The fraction of sp³-hybridized carbons (Fsp3) is 0. The quantitative estimate of drug-likeness (QED) is 0.520. The Morgan fingerprint density at radius 2 is 1.18 bits per heavy atom. The fourth-order valence-corrected chi connectivity index (χ4v) is 8.05. The molecule has 0 heterocycles. The molecule has 0 saturated carbocycles. The Morgan fingerprint density at radius 3 is 1.53 bits per heavy atom. The molecule has 2 aromatic rings. The number of halogens is 2. The third-order valence-corrected chi connectivity index (χ3v) is 9.26. The van der Waals surface area contributed by atoms with Crippen molar-refractivity contribution in [1.82, 2.24) is 0 Å². The molecule has 0 aliphatic rings. The minimum absolute atomic E-state index is 0.984. The smallest absolute Gasteiger partial charge is 0.368 e. The van der Waals surface area contributed by atoms with Crippen LogP contribution in [0.3, 0.4) is 0 Å². The molecule has 0 bridgehead atoms. The summed E-state index contributed by atoms with van der Waals surface area (Å²) in [5.74, 6) is 0. The van der Waals surface area contributed by atoms with Crippen LogP contribution in [0.2, 0.25) is 0 Å². The van der Waals surface area contributed by atoms with Gasteiger partial charge in [-0.3, -0.25) is 0 Å². The van der Waals surface area contributed by atoms with Crippen LogP contribution in [0.4, 0.5) is 0 Å². The van der Waals surface area contributed by atoms with Gasteiger partial charge in [0.1, 0.15) is 0 Å². The second-order valence-electron chi connectivity index (χ2n) is 3.09. The van der Waals surface area contributed by atoms with Crippen molar-refractivity contribution in [1.29, 1.82) is 0 Å². The van der Waals surface area contributed by atoms with E-state index in [1.54, 1.807) is 0 Å². The highest BCUT2D eigenvalue weighted by Crippen LogP contribution is 1.87. The summed E-state index contributed by atoms with van der Waals surface area (Å²) in [5.41, 5.74) is 0. The van der Waals surface area contributed by atoms with Crippen molar-refractivity contribution in [2.45, 2.75) is 0 Å². The maximum absolute atomic E-state index is 10.8. The lowest BCUT2D eigenvalue weighted by molar-refractivity contribution is -1.69. The van der Waals surface area contributed by atoms with Gasteiger partial charge in [0.05, 0.1) is 0 Å². The monoisotopic (exact) mass is 408 g/mol. The van der Waals surface area contributed by atoms with Crippen LogP contribution in [0.15, 0.2) is 60.7 Å². The molecular weight excluding hydrogens is 399 g/mol. The zero-order valence-electron chi connectivity index (χ0n) is 8.75. The second kappa shape index (κ2) is 6.46. The van der Waals surface area contributed by atoms with E-state index < -0.39 is 35.0 Å². The average molecular weight is 409 g/mol. The van der Waals surface area contributed by atoms with Crippen molar-refractivity contribution in [3.05, 3.63) is 67.8 Å². The van der Waals surface area contributed by atoms with E-state index in [9.17, 15) is 8.40 Å². The largest absolute Gasteiger partial charge is 0.498 e. The lowest BCUT2D eigenvalue weighted by atomic mass is 10.4. The van der Waals surface area contributed by atoms with Crippen LogP contribution in [-0.4, -0.2) is 0 Å². The third-order valence-electron chi connectivity index (χ3n) is 1.97. The van der Waals surface area contributed by atoms with Gasteiger partial charge in [-0.05, 0) is 24.3 Å². The van der Waals surface area contributed by atoms with Crippen molar-refractivity contribution in [3.63, 3.8) is 0 Å². The van der Waals surface area contributed by atoms with Gasteiger partial charge in [0.15, 0.2) is 9.30 Å². The van der Waals surface area contributed by atoms with Gasteiger partial charge in [-0.15, -0.1) is 0 Å². The van der Waals surface area contributed by atoms with Crippen LogP contribution in [0.25, 0.3) is 0 Å². The van der Waals surface area contributed by atoms with E-state index >= 15 is 0 Å². The summed E-state index contributed by atoms with van der Waals surface area (Å²) in [7, 11) is 0. The lowest BCUT2D eigenvalue weighted by Gasteiger charge is -1.97. The van der Waals surface area contributed by atoms with Gasteiger partial charge in [0.2, 0.25) is 0 Å². The predicted octanol–water partition coefficient (Wildman–Crippen LogP) is -2.63. The van der Waals surface area contributed by atoms with E-state index in [-0.39, 0.29) is 0 Å². The fourth-order valence-electron chi connectivity index (χ4n) is 1.30. The van der Waals surface area contributed by atoms with Crippen molar-refractivity contribution in [2.24, 2.45) is 0 Å². The first kappa shape index (κ1) is 13.0. The first-order valence-corrected chi connectivity index (χ1v) is 9.80. The van der Waals surface area contributed by atoms with Crippen LogP contribution in [0, 0.1) is 22.0 Å². The van der Waals surface area contributed by atoms with Crippen molar-refractivity contribution in [3.8, 4) is 0 Å². The second-order valence-corrected chi connectivity index (χ2v) is 9.77. The molecule has 2 rings (SSSR count). The zero-order valence-corrected chi connectivity index (χ0v) is 12.5.